The Morgan fingerprint density at radius 3 is 2.56 bits per heavy atom. The number of imide groups is 1. The lowest BCUT2D eigenvalue weighted by molar-refractivity contribution is -0.118. The number of rotatable bonds is 6. The first-order chi connectivity index (χ1) is 12.1. The summed E-state index contributed by atoms with van der Waals surface area (Å²) in [5.74, 6) is -0.482. The van der Waals surface area contributed by atoms with E-state index in [9.17, 15) is 14.4 Å². The molecule has 1 unspecified atom stereocenters. The zero-order valence-electron chi connectivity index (χ0n) is 13.3. The SMILES string of the molecule is O=C1NC(=O)C(Cc2ccc(CCNC(=O)c3cnccn3)cc2)S1. The molecule has 2 N–H and O–H groups in total. The summed E-state index contributed by atoms with van der Waals surface area (Å²) < 4.78 is 0. The van der Waals surface area contributed by atoms with Gasteiger partial charge in [-0.05, 0) is 24.0 Å². The molecule has 128 valence electrons. The highest BCUT2D eigenvalue weighted by atomic mass is 32.2. The summed E-state index contributed by atoms with van der Waals surface area (Å²) in [6.07, 6.45) is 5.62. The van der Waals surface area contributed by atoms with Crippen LogP contribution >= 0.6 is 11.8 Å². The van der Waals surface area contributed by atoms with Crippen molar-refractivity contribution in [3.8, 4) is 0 Å². The van der Waals surface area contributed by atoms with E-state index >= 15 is 0 Å². The van der Waals surface area contributed by atoms with Gasteiger partial charge in [0, 0.05) is 18.9 Å². The molecule has 1 aliphatic rings. The molecule has 0 aliphatic carbocycles. The van der Waals surface area contributed by atoms with Crippen LogP contribution in [-0.4, -0.2) is 38.8 Å². The summed E-state index contributed by atoms with van der Waals surface area (Å²) >= 11 is 1.03. The predicted molar refractivity (Wildman–Crippen MR) is 93.1 cm³/mol. The topological polar surface area (TPSA) is 101 Å². The minimum Gasteiger partial charge on any atom is -0.350 e. The fraction of sp³-hybridized carbons (Fsp3) is 0.235. The minimum absolute atomic E-state index is 0.231. The number of hydrogen-bond donors (Lipinski definition) is 2. The summed E-state index contributed by atoms with van der Waals surface area (Å²) in [5.41, 5.74) is 2.36. The maximum atomic E-state index is 11.9. The number of amides is 3. The van der Waals surface area contributed by atoms with Gasteiger partial charge in [-0.25, -0.2) is 4.98 Å². The van der Waals surface area contributed by atoms with Gasteiger partial charge in [0.15, 0.2) is 0 Å². The maximum Gasteiger partial charge on any atom is 0.286 e. The van der Waals surface area contributed by atoms with Gasteiger partial charge in [0.1, 0.15) is 5.69 Å². The molecule has 1 aromatic carbocycles. The van der Waals surface area contributed by atoms with Crippen LogP contribution in [0.1, 0.15) is 21.6 Å². The molecule has 7 nitrogen and oxygen atoms in total. The fourth-order valence-electron chi connectivity index (χ4n) is 2.41. The van der Waals surface area contributed by atoms with E-state index in [-0.39, 0.29) is 22.3 Å². The van der Waals surface area contributed by atoms with E-state index < -0.39 is 0 Å². The van der Waals surface area contributed by atoms with Gasteiger partial charge in [0.2, 0.25) is 5.91 Å². The summed E-state index contributed by atoms with van der Waals surface area (Å²) in [7, 11) is 0. The number of thioether (sulfide) groups is 1. The molecule has 2 aromatic rings. The molecule has 1 aliphatic heterocycles. The van der Waals surface area contributed by atoms with Crippen LogP contribution in [-0.2, 0) is 17.6 Å². The van der Waals surface area contributed by atoms with Gasteiger partial charge >= 0.3 is 0 Å². The molecule has 1 aromatic heterocycles. The van der Waals surface area contributed by atoms with Crippen LogP contribution in [0.3, 0.4) is 0 Å². The highest BCUT2D eigenvalue weighted by Gasteiger charge is 2.31. The molecule has 0 saturated carbocycles. The molecule has 0 spiro atoms. The van der Waals surface area contributed by atoms with Crippen molar-refractivity contribution < 1.29 is 14.4 Å². The second-order valence-electron chi connectivity index (χ2n) is 5.50. The lowest BCUT2D eigenvalue weighted by Gasteiger charge is -2.07. The first kappa shape index (κ1) is 17.1. The molecule has 3 amide bonds. The van der Waals surface area contributed by atoms with Crippen LogP contribution in [0.15, 0.2) is 42.9 Å². The molecule has 0 bridgehead atoms. The standard InChI is InChI=1S/C17H16N4O3S/c22-15(13-10-18-7-8-19-13)20-6-5-11-1-3-12(4-2-11)9-14-16(23)21-17(24)25-14/h1-4,7-8,10,14H,5-6,9H2,(H,20,22)(H,21,23,24). The molecular formula is C17H16N4O3S. The molecule has 1 saturated heterocycles. The Balaban J connectivity index is 1.47. The molecule has 1 fully saturated rings. The number of aromatic nitrogens is 2. The number of hydrogen-bond acceptors (Lipinski definition) is 6. The monoisotopic (exact) mass is 356 g/mol. The first-order valence-corrected chi connectivity index (χ1v) is 8.63. The van der Waals surface area contributed by atoms with Gasteiger partial charge in [-0.15, -0.1) is 0 Å². The van der Waals surface area contributed by atoms with Crippen LogP contribution in [0.25, 0.3) is 0 Å². The van der Waals surface area contributed by atoms with Crippen molar-refractivity contribution in [3.63, 3.8) is 0 Å². The molecular weight excluding hydrogens is 340 g/mol. The van der Waals surface area contributed by atoms with E-state index in [1.807, 2.05) is 24.3 Å². The van der Waals surface area contributed by atoms with Crippen LogP contribution in [0.5, 0.6) is 0 Å². The van der Waals surface area contributed by atoms with E-state index in [2.05, 4.69) is 20.6 Å². The van der Waals surface area contributed by atoms with Crippen molar-refractivity contribution >= 4 is 28.8 Å². The van der Waals surface area contributed by atoms with Crippen molar-refractivity contribution in [2.45, 2.75) is 18.1 Å². The van der Waals surface area contributed by atoms with Crippen molar-refractivity contribution in [3.05, 3.63) is 59.7 Å². The molecule has 8 heteroatoms. The smallest absolute Gasteiger partial charge is 0.286 e. The van der Waals surface area contributed by atoms with Crippen LogP contribution in [0.2, 0.25) is 0 Å². The number of nitrogens with zero attached hydrogens (tertiary/aromatic N) is 2. The first-order valence-electron chi connectivity index (χ1n) is 7.75. The molecule has 25 heavy (non-hydrogen) atoms. The van der Waals surface area contributed by atoms with Crippen LogP contribution in [0, 0.1) is 0 Å². The Kier molecular flexibility index (Phi) is 5.39. The molecule has 2 heterocycles. The predicted octanol–water partition coefficient (Wildman–Crippen LogP) is 1.34. The number of nitrogens with one attached hydrogen (secondary N) is 2. The van der Waals surface area contributed by atoms with Gasteiger partial charge in [-0.1, -0.05) is 36.0 Å². The second-order valence-corrected chi connectivity index (χ2v) is 6.68. The Morgan fingerprint density at radius 1 is 1.16 bits per heavy atom. The average Bonchev–Trinajstić information content (AvgIpc) is 2.94. The van der Waals surface area contributed by atoms with Gasteiger partial charge < -0.3 is 5.32 Å². The van der Waals surface area contributed by atoms with Crippen molar-refractivity contribution in [2.75, 3.05) is 6.54 Å². The van der Waals surface area contributed by atoms with Crippen molar-refractivity contribution in [1.29, 1.82) is 0 Å². The zero-order chi connectivity index (χ0) is 17.6. The quantitative estimate of drug-likeness (QED) is 0.810. The third kappa shape index (κ3) is 4.63. The Morgan fingerprint density at radius 2 is 1.92 bits per heavy atom. The highest BCUT2D eigenvalue weighted by Crippen LogP contribution is 2.23. The largest absolute Gasteiger partial charge is 0.350 e. The van der Waals surface area contributed by atoms with E-state index in [0.717, 1.165) is 22.9 Å². The third-order valence-corrected chi connectivity index (χ3v) is 4.69. The average molecular weight is 356 g/mol. The van der Waals surface area contributed by atoms with Gasteiger partial charge in [-0.3, -0.25) is 24.7 Å². The van der Waals surface area contributed by atoms with Gasteiger partial charge in [0.05, 0.1) is 11.4 Å². The van der Waals surface area contributed by atoms with E-state index in [1.54, 1.807) is 0 Å². The normalized spacial score (nSPS) is 16.6. The molecule has 3 rings (SSSR count). The van der Waals surface area contributed by atoms with Crippen LogP contribution < -0.4 is 10.6 Å². The van der Waals surface area contributed by atoms with E-state index in [0.29, 0.717) is 25.1 Å². The van der Waals surface area contributed by atoms with E-state index in [1.165, 1.54) is 18.6 Å². The zero-order valence-corrected chi connectivity index (χ0v) is 14.1. The minimum atomic E-state index is -0.357. The lowest BCUT2D eigenvalue weighted by Crippen LogP contribution is -2.26. The third-order valence-electron chi connectivity index (χ3n) is 3.71. The Hall–Kier alpha value is -2.74. The van der Waals surface area contributed by atoms with Crippen molar-refractivity contribution in [2.24, 2.45) is 0 Å². The van der Waals surface area contributed by atoms with Crippen LogP contribution in [0.4, 0.5) is 4.79 Å². The van der Waals surface area contributed by atoms with E-state index in [4.69, 9.17) is 0 Å². The number of benzene rings is 1. The molecule has 0 radical (unpaired) electrons. The Labute approximate surface area is 148 Å². The lowest BCUT2D eigenvalue weighted by atomic mass is 10.1. The number of carbonyl (C=O) groups is 3. The molecule has 1 atom stereocenters. The summed E-state index contributed by atoms with van der Waals surface area (Å²) in [6, 6.07) is 7.80. The summed E-state index contributed by atoms with van der Waals surface area (Å²) in [6.45, 7) is 0.490. The van der Waals surface area contributed by atoms with Crippen molar-refractivity contribution in [1.82, 2.24) is 20.6 Å². The summed E-state index contributed by atoms with van der Waals surface area (Å²) in [4.78, 5) is 42.4. The van der Waals surface area contributed by atoms with Gasteiger partial charge in [-0.2, -0.15) is 0 Å². The maximum absolute atomic E-state index is 11.9. The fourth-order valence-corrected chi connectivity index (χ4v) is 3.27. The Bertz CT molecular complexity index is 780. The highest BCUT2D eigenvalue weighted by molar-refractivity contribution is 8.15. The number of carbonyl (C=O) groups excluding carboxylic acids is 3. The summed E-state index contributed by atoms with van der Waals surface area (Å²) in [5, 5.41) is 4.44. The van der Waals surface area contributed by atoms with Gasteiger partial charge in [0.25, 0.3) is 11.1 Å². The second kappa shape index (κ2) is 7.89.